The summed E-state index contributed by atoms with van der Waals surface area (Å²) in [5.41, 5.74) is 1.69. The number of aliphatic imine (C=N–C) groups is 1. The molecule has 124 valence electrons. The fourth-order valence-corrected chi connectivity index (χ4v) is 2.86. The molecule has 2 aromatic rings. The van der Waals surface area contributed by atoms with Crippen LogP contribution in [-0.4, -0.2) is 36.2 Å². The summed E-state index contributed by atoms with van der Waals surface area (Å²) in [6.07, 6.45) is 0. The van der Waals surface area contributed by atoms with Gasteiger partial charge in [-0.1, -0.05) is 29.8 Å². The second-order valence-corrected chi connectivity index (χ2v) is 5.95. The number of anilines is 2. The highest BCUT2D eigenvalue weighted by Gasteiger charge is 2.22. The minimum atomic E-state index is 0.566. The van der Waals surface area contributed by atoms with Crippen LogP contribution >= 0.6 is 23.8 Å². The number of benzene rings is 2. The molecule has 2 aromatic carbocycles. The molecule has 0 aliphatic carbocycles. The zero-order valence-corrected chi connectivity index (χ0v) is 14.7. The van der Waals surface area contributed by atoms with Crippen molar-refractivity contribution in [2.45, 2.75) is 0 Å². The van der Waals surface area contributed by atoms with Gasteiger partial charge in [-0.3, -0.25) is 9.89 Å². The van der Waals surface area contributed by atoms with Gasteiger partial charge in [-0.25, -0.2) is 0 Å². The first-order chi connectivity index (χ1) is 11.7. The molecule has 24 heavy (non-hydrogen) atoms. The van der Waals surface area contributed by atoms with Crippen molar-refractivity contribution in [1.82, 2.24) is 4.90 Å². The third kappa shape index (κ3) is 3.77. The maximum absolute atomic E-state index is 6.01. The zero-order valence-electron chi connectivity index (χ0n) is 13.1. The number of methoxy groups -OCH3 is 1. The van der Waals surface area contributed by atoms with E-state index in [9.17, 15) is 0 Å². The van der Waals surface area contributed by atoms with Crippen molar-refractivity contribution in [1.29, 1.82) is 0 Å². The number of halogens is 1. The number of guanidine groups is 1. The molecule has 0 unspecified atom stereocenters. The summed E-state index contributed by atoms with van der Waals surface area (Å²) in [6.45, 7) is 1.39. The van der Waals surface area contributed by atoms with E-state index >= 15 is 0 Å². The van der Waals surface area contributed by atoms with Crippen molar-refractivity contribution in [2.75, 3.05) is 30.8 Å². The molecule has 0 saturated carbocycles. The Morgan fingerprint density at radius 3 is 2.88 bits per heavy atom. The molecular weight excluding hydrogens is 344 g/mol. The Morgan fingerprint density at radius 2 is 2.08 bits per heavy atom. The lowest BCUT2D eigenvalue weighted by atomic mass is 10.3. The lowest BCUT2D eigenvalue weighted by molar-refractivity contribution is 0.417. The summed E-state index contributed by atoms with van der Waals surface area (Å²) in [7, 11) is 1.64. The smallest absolute Gasteiger partial charge is 0.205 e. The van der Waals surface area contributed by atoms with Gasteiger partial charge in [0.2, 0.25) is 5.96 Å². The van der Waals surface area contributed by atoms with Crippen LogP contribution in [0, 0.1) is 0 Å². The van der Waals surface area contributed by atoms with Crippen LogP contribution in [0.1, 0.15) is 0 Å². The van der Waals surface area contributed by atoms with Gasteiger partial charge in [0.05, 0.1) is 19.3 Å². The van der Waals surface area contributed by atoms with E-state index in [1.54, 1.807) is 7.11 Å². The van der Waals surface area contributed by atoms with Gasteiger partial charge in [0, 0.05) is 17.3 Å². The van der Waals surface area contributed by atoms with E-state index in [4.69, 9.17) is 28.6 Å². The Morgan fingerprint density at radius 1 is 1.25 bits per heavy atom. The van der Waals surface area contributed by atoms with Crippen molar-refractivity contribution in [3.63, 3.8) is 0 Å². The topological polar surface area (TPSA) is 48.9 Å². The second-order valence-electron chi connectivity index (χ2n) is 5.12. The van der Waals surface area contributed by atoms with E-state index in [2.05, 4.69) is 15.6 Å². The lowest BCUT2D eigenvalue weighted by Crippen LogP contribution is -2.41. The van der Waals surface area contributed by atoms with Gasteiger partial charge >= 0.3 is 0 Å². The highest BCUT2D eigenvalue weighted by molar-refractivity contribution is 7.80. The third-order valence-electron chi connectivity index (χ3n) is 3.52. The Balaban J connectivity index is 1.72. The number of nitrogens with one attached hydrogen (secondary N) is 2. The average molecular weight is 361 g/mol. The van der Waals surface area contributed by atoms with Gasteiger partial charge in [0.15, 0.2) is 5.11 Å². The number of hydrogen-bond acceptors (Lipinski definition) is 4. The van der Waals surface area contributed by atoms with Crippen LogP contribution in [0.2, 0.25) is 5.02 Å². The Bertz CT molecular complexity index is 781. The van der Waals surface area contributed by atoms with Crippen LogP contribution in [-0.2, 0) is 0 Å². The summed E-state index contributed by atoms with van der Waals surface area (Å²) in [6, 6.07) is 15.1. The molecule has 0 spiro atoms. The van der Waals surface area contributed by atoms with E-state index < -0.39 is 0 Å². The number of para-hydroxylation sites is 2. The van der Waals surface area contributed by atoms with Crippen LogP contribution in [0.5, 0.6) is 5.75 Å². The van der Waals surface area contributed by atoms with Crippen molar-refractivity contribution in [2.24, 2.45) is 4.99 Å². The van der Waals surface area contributed by atoms with Crippen LogP contribution in [0.25, 0.3) is 0 Å². The van der Waals surface area contributed by atoms with Crippen molar-refractivity contribution in [3.8, 4) is 5.75 Å². The molecule has 5 nitrogen and oxygen atoms in total. The minimum Gasteiger partial charge on any atom is -0.495 e. The fourth-order valence-electron chi connectivity index (χ4n) is 2.38. The van der Waals surface area contributed by atoms with Gasteiger partial charge in [-0.05, 0) is 42.5 Å². The van der Waals surface area contributed by atoms with Crippen LogP contribution in [0.3, 0.4) is 0 Å². The van der Waals surface area contributed by atoms with E-state index in [1.165, 1.54) is 0 Å². The minimum absolute atomic E-state index is 0.566. The van der Waals surface area contributed by atoms with E-state index in [0.29, 0.717) is 29.2 Å². The van der Waals surface area contributed by atoms with Crippen molar-refractivity contribution >= 4 is 46.3 Å². The maximum atomic E-state index is 6.01. The summed E-state index contributed by atoms with van der Waals surface area (Å²) >= 11 is 11.5. The lowest BCUT2D eigenvalue weighted by Gasteiger charge is -2.23. The Kier molecular flexibility index (Phi) is 5.17. The maximum Gasteiger partial charge on any atom is 0.205 e. The zero-order chi connectivity index (χ0) is 16.9. The first-order valence-electron chi connectivity index (χ1n) is 7.46. The number of rotatable bonds is 3. The number of thiocarbonyl (C=S) groups is 1. The van der Waals surface area contributed by atoms with Gasteiger partial charge in [-0.15, -0.1) is 0 Å². The molecule has 3 rings (SSSR count). The fraction of sp³-hybridized carbons (Fsp3) is 0.176. The van der Waals surface area contributed by atoms with E-state index in [1.807, 2.05) is 53.4 Å². The standard InChI is InChI=1S/C17H17ClN4OS/c1-23-15-8-3-2-7-14(15)21-16-19-9-10-22(16)17(24)20-13-6-4-5-12(18)11-13/h2-8,11H,9-10H2,1H3,(H,19,21)(H,20,24). The van der Waals surface area contributed by atoms with Crippen LogP contribution < -0.4 is 15.4 Å². The summed E-state index contributed by atoms with van der Waals surface area (Å²) in [5, 5.41) is 7.70. The predicted octanol–water partition coefficient (Wildman–Crippen LogP) is 3.83. The van der Waals surface area contributed by atoms with E-state index in [-0.39, 0.29) is 0 Å². The normalized spacial score (nSPS) is 13.4. The molecule has 1 heterocycles. The van der Waals surface area contributed by atoms with Crippen LogP contribution in [0.4, 0.5) is 11.4 Å². The summed E-state index contributed by atoms with van der Waals surface area (Å²) in [5.74, 6) is 1.44. The van der Waals surface area contributed by atoms with Gasteiger partial charge in [0.1, 0.15) is 5.75 Å². The SMILES string of the molecule is COc1ccccc1NC1=NCCN1C(=S)Nc1cccc(Cl)c1. The number of nitrogens with zero attached hydrogens (tertiary/aromatic N) is 2. The predicted molar refractivity (Wildman–Crippen MR) is 103 cm³/mol. The Labute approximate surface area is 151 Å². The van der Waals surface area contributed by atoms with Crippen LogP contribution in [0.15, 0.2) is 53.5 Å². The Hall–Kier alpha value is -2.31. The molecular formula is C17H17ClN4OS. The van der Waals surface area contributed by atoms with Crippen molar-refractivity contribution < 1.29 is 4.74 Å². The molecule has 0 fully saturated rings. The first kappa shape index (κ1) is 16.5. The molecule has 0 bridgehead atoms. The molecule has 1 aliphatic rings. The van der Waals surface area contributed by atoms with Gasteiger partial charge in [0.25, 0.3) is 0 Å². The largest absolute Gasteiger partial charge is 0.495 e. The van der Waals surface area contributed by atoms with Gasteiger partial charge in [-0.2, -0.15) is 0 Å². The molecule has 0 radical (unpaired) electrons. The third-order valence-corrected chi connectivity index (χ3v) is 4.07. The highest BCUT2D eigenvalue weighted by Crippen LogP contribution is 2.24. The molecule has 0 aromatic heterocycles. The summed E-state index contributed by atoms with van der Waals surface area (Å²) < 4.78 is 5.36. The molecule has 1 aliphatic heterocycles. The second kappa shape index (κ2) is 7.51. The quantitative estimate of drug-likeness (QED) is 0.815. The van der Waals surface area contributed by atoms with Gasteiger partial charge < -0.3 is 15.4 Å². The highest BCUT2D eigenvalue weighted by atomic mass is 35.5. The molecule has 2 N–H and O–H groups in total. The first-order valence-corrected chi connectivity index (χ1v) is 8.24. The van der Waals surface area contributed by atoms with Crippen molar-refractivity contribution in [3.05, 3.63) is 53.6 Å². The number of hydrogen-bond donors (Lipinski definition) is 2. The number of ether oxygens (including phenoxy) is 1. The molecule has 0 amide bonds. The monoisotopic (exact) mass is 360 g/mol. The molecule has 0 saturated heterocycles. The summed E-state index contributed by atoms with van der Waals surface area (Å²) in [4.78, 5) is 6.41. The molecule has 0 atom stereocenters. The molecule has 7 heteroatoms. The average Bonchev–Trinajstić information content (AvgIpc) is 3.03. The van der Waals surface area contributed by atoms with E-state index in [0.717, 1.165) is 17.1 Å².